The normalized spacial score (nSPS) is 12.8. The number of rotatable bonds is 6. The van der Waals surface area contributed by atoms with Crippen molar-refractivity contribution in [3.8, 4) is 0 Å². The number of aromatic nitrogens is 2. The van der Waals surface area contributed by atoms with Crippen molar-refractivity contribution in [2.24, 2.45) is 17.6 Å². The fraction of sp³-hybridized carbons (Fsp3) is 0.636. The van der Waals surface area contributed by atoms with Crippen molar-refractivity contribution in [2.75, 3.05) is 11.9 Å². The smallest absolute Gasteiger partial charge is 0.227 e. The molecular weight excluding hydrogens is 204 g/mol. The summed E-state index contributed by atoms with van der Waals surface area (Å²) in [6.07, 6.45) is 4.70. The number of hydrogen-bond donors (Lipinski definition) is 3. The first kappa shape index (κ1) is 12.7. The van der Waals surface area contributed by atoms with Gasteiger partial charge in [-0.05, 0) is 24.8 Å². The molecule has 0 saturated heterocycles. The highest BCUT2D eigenvalue weighted by Gasteiger charge is 2.14. The molecule has 0 radical (unpaired) electrons. The highest BCUT2D eigenvalue weighted by Crippen LogP contribution is 2.14. The molecule has 1 rings (SSSR count). The van der Waals surface area contributed by atoms with Gasteiger partial charge < -0.3 is 10.7 Å². The third kappa shape index (κ3) is 4.44. The minimum absolute atomic E-state index is 0.0361. The van der Waals surface area contributed by atoms with Gasteiger partial charge in [0, 0.05) is 18.8 Å². The topological polar surface area (TPSA) is 83.8 Å². The summed E-state index contributed by atoms with van der Waals surface area (Å²) < 4.78 is 0. The molecule has 0 saturated carbocycles. The van der Waals surface area contributed by atoms with Crippen LogP contribution in [0.3, 0.4) is 0 Å². The summed E-state index contributed by atoms with van der Waals surface area (Å²) in [5.41, 5.74) is 5.64. The Kier molecular flexibility index (Phi) is 4.98. The Morgan fingerprint density at radius 3 is 2.88 bits per heavy atom. The van der Waals surface area contributed by atoms with Gasteiger partial charge in [-0.15, -0.1) is 0 Å². The van der Waals surface area contributed by atoms with Crippen molar-refractivity contribution in [2.45, 2.75) is 26.7 Å². The Morgan fingerprint density at radius 1 is 1.62 bits per heavy atom. The van der Waals surface area contributed by atoms with Gasteiger partial charge in [0.2, 0.25) is 11.9 Å². The molecular formula is C11H20N4O. The van der Waals surface area contributed by atoms with Crippen LogP contribution in [0.2, 0.25) is 0 Å². The first-order chi connectivity index (χ1) is 7.61. The summed E-state index contributed by atoms with van der Waals surface area (Å²) >= 11 is 0. The molecule has 5 heteroatoms. The van der Waals surface area contributed by atoms with Crippen molar-refractivity contribution < 1.29 is 4.79 Å². The fourth-order valence-corrected chi connectivity index (χ4v) is 1.71. The van der Waals surface area contributed by atoms with Gasteiger partial charge in [-0.25, -0.2) is 4.98 Å². The molecule has 0 aliphatic heterocycles. The van der Waals surface area contributed by atoms with E-state index in [4.69, 9.17) is 5.73 Å². The summed E-state index contributed by atoms with van der Waals surface area (Å²) in [6, 6.07) is 0. The Labute approximate surface area is 95.8 Å². The number of nitrogens with one attached hydrogen (secondary N) is 2. The molecule has 0 aromatic carbocycles. The van der Waals surface area contributed by atoms with Crippen LogP contribution in [0.1, 0.15) is 26.7 Å². The number of nitrogens with two attached hydrogens (primary N) is 1. The molecule has 1 aromatic rings. The average molecular weight is 224 g/mol. The van der Waals surface area contributed by atoms with Gasteiger partial charge in [0.05, 0.1) is 0 Å². The maximum absolute atomic E-state index is 11.6. The van der Waals surface area contributed by atoms with Gasteiger partial charge in [-0.1, -0.05) is 13.8 Å². The summed E-state index contributed by atoms with van der Waals surface area (Å²) in [5.74, 6) is 1.26. The van der Waals surface area contributed by atoms with E-state index in [2.05, 4.69) is 29.1 Å². The molecule has 1 amide bonds. The number of carbonyl (C=O) groups is 1. The number of hydrogen-bond acceptors (Lipinski definition) is 3. The van der Waals surface area contributed by atoms with Crippen LogP contribution in [-0.2, 0) is 4.79 Å². The average Bonchev–Trinajstić information content (AvgIpc) is 2.68. The van der Waals surface area contributed by atoms with Crippen LogP contribution >= 0.6 is 0 Å². The molecule has 0 spiro atoms. The number of H-pyrrole nitrogens is 1. The minimum Gasteiger partial charge on any atom is -0.331 e. The lowest BCUT2D eigenvalue weighted by Gasteiger charge is -2.15. The molecule has 1 atom stereocenters. The Balaban J connectivity index is 2.37. The van der Waals surface area contributed by atoms with E-state index in [1.165, 1.54) is 0 Å². The van der Waals surface area contributed by atoms with E-state index < -0.39 is 0 Å². The predicted octanol–water partition coefficient (Wildman–Crippen LogP) is 1.36. The molecule has 1 aromatic heterocycles. The molecule has 1 unspecified atom stereocenters. The maximum Gasteiger partial charge on any atom is 0.227 e. The molecule has 4 N–H and O–H groups in total. The Bertz CT molecular complexity index is 308. The summed E-state index contributed by atoms with van der Waals surface area (Å²) in [7, 11) is 0. The molecule has 90 valence electrons. The predicted molar refractivity (Wildman–Crippen MR) is 63.8 cm³/mol. The summed E-state index contributed by atoms with van der Waals surface area (Å²) in [6.45, 7) is 4.81. The lowest BCUT2D eigenvalue weighted by atomic mass is 9.94. The molecule has 0 bridgehead atoms. The van der Waals surface area contributed by atoms with E-state index in [1.807, 2.05) is 0 Å². The first-order valence-corrected chi connectivity index (χ1v) is 5.61. The lowest BCUT2D eigenvalue weighted by Crippen LogP contribution is -2.23. The lowest BCUT2D eigenvalue weighted by molar-refractivity contribution is -0.117. The second-order valence-electron chi connectivity index (χ2n) is 4.42. The highest BCUT2D eigenvalue weighted by molar-refractivity contribution is 5.89. The number of amides is 1. The number of nitrogens with zero attached hydrogens (tertiary/aromatic N) is 1. The van der Waals surface area contributed by atoms with E-state index in [9.17, 15) is 4.79 Å². The number of imidazole rings is 1. The zero-order chi connectivity index (χ0) is 12.0. The van der Waals surface area contributed by atoms with Crippen molar-refractivity contribution in [3.63, 3.8) is 0 Å². The largest absolute Gasteiger partial charge is 0.331 e. The Hall–Kier alpha value is -1.36. The molecule has 5 nitrogen and oxygen atoms in total. The van der Waals surface area contributed by atoms with Gasteiger partial charge in [0.1, 0.15) is 0 Å². The van der Waals surface area contributed by atoms with E-state index >= 15 is 0 Å². The highest BCUT2D eigenvalue weighted by atomic mass is 16.1. The van der Waals surface area contributed by atoms with Crippen molar-refractivity contribution >= 4 is 11.9 Å². The van der Waals surface area contributed by atoms with Gasteiger partial charge >= 0.3 is 0 Å². The van der Waals surface area contributed by atoms with Gasteiger partial charge in [0.15, 0.2) is 0 Å². The zero-order valence-electron chi connectivity index (χ0n) is 9.86. The van der Waals surface area contributed by atoms with Gasteiger partial charge in [-0.3, -0.25) is 10.1 Å². The van der Waals surface area contributed by atoms with E-state index in [-0.39, 0.29) is 11.8 Å². The van der Waals surface area contributed by atoms with Crippen molar-refractivity contribution in [1.29, 1.82) is 0 Å². The third-order valence-electron chi connectivity index (χ3n) is 2.37. The molecule has 0 aliphatic rings. The molecule has 1 heterocycles. The van der Waals surface area contributed by atoms with E-state index in [0.717, 1.165) is 6.42 Å². The Morgan fingerprint density at radius 2 is 2.38 bits per heavy atom. The van der Waals surface area contributed by atoms with Crippen LogP contribution < -0.4 is 11.1 Å². The standard InChI is InChI=1S/C11H20N4O/c1-8(2)5-9(7-12)6-10(16)15-11-13-3-4-14-11/h3-4,8-9H,5-7,12H2,1-2H3,(H2,13,14,15,16). The molecule has 16 heavy (non-hydrogen) atoms. The summed E-state index contributed by atoms with van der Waals surface area (Å²) in [5, 5.41) is 2.70. The van der Waals surface area contributed by atoms with Crippen LogP contribution in [-0.4, -0.2) is 22.4 Å². The van der Waals surface area contributed by atoms with E-state index in [1.54, 1.807) is 12.4 Å². The molecule has 0 aliphatic carbocycles. The van der Waals surface area contributed by atoms with Crippen molar-refractivity contribution in [1.82, 2.24) is 9.97 Å². The van der Waals surface area contributed by atoms with E-state index in [0.29, 0.717) is 24.8 Å². The second-order valence-corrected chi connectivity index (χ2v) is 4.42. The number of carbonyl (C=O) groups excluding carboxylic acids is 1. The first-order valence-electron chi connectivity index (χ1n) is 5.61. The SMILES string of the molecule is CC(C)CC(CN)CC(=O)Nc1ncc[nH]1. The van der Waals surface area contributed by atoms with Crippen LogP contribution in [0, 0.1) is 11.8 Å². The van der Waals surface area contributed by atoms with Crippen molar-refractivity contribution in [3.05, 3.63) is 12.4 Å². The fourth-order valence-electron chi connectivity index (χ4n) is 1.71. The number of aromatic amines is 1. The summed E-state index contributed by atoms with van der Waals surface area (Å²) in [4.78, 5) is 18.4. The van der Waals surface area contributed by atoms with Crippen LogP contribution in [0.15, 0.2) is 12.4 Å². The zero-order valence-corrected chi connectivity index (χ0v) is 9.86. The number of anilines is 1. The van der Waals surface area contributed by atoms with Crippen LogP contribution in [0.4, 0.5) is 5.95 Å². The minimum atomic E-state index is -0.0361. The van der Waals surface area contributed by atoms with Gasteiger partial charge in [0.25, 0.3) is 0 Å². The maximum atomic E-state index is 11.6. The third-order valence-corrected chi connectivity index (χ3v) is 2.37. The van der Waals surface area contributed by atoms with Crippen LogP contribution in [0.25, 0.3) is 0 Å². The quantitative estimate of drug-likeness (QED) is 0.682. The monoisotopic (exact) mass is 224 g/mol. The van der Waals surface area contributed by atoms with Crippen LogP contribution in [0.5, 0.6) is 0 Å². The van der Waals surface area contributed by atoms with Gasteiger partial charge in [-0.2, -0.15) is 0 Å². The molecule has 0 fully saturated rings. The second kappa shape index (κ2) is 6.27.